The van der Waals surface area contributed by atoms with Gasteiger partial charge in [0, 0.05) is 5.56 Å². The molecule has 0 radical (unpaired) electrons. The molecule has 2 rings (SSSR count). The van der Waals surface area contributed by atoms with Gasteiger partial charge in [-0.15, -0.1) is 0 Å². The largest absolute Gasteiger partial charge is 0.493 e. The van der Waals surface area contributed by atoms with Crippen molar-refractivity contribution in [1.82, 2.24) is 5.32 Å². The second-order valence-electron chi connectivity index (χ2n) is 5.03. The van der Waals surface area contributed by atoms with E-state index in [2.05, 4.69) is 5.32 Å². The Kier molecular flexibility index (Phi) is 5.88. The smallest absolute Gasteiger partial charge is 0.251 e. The summed E-state index contributed by atoms with van der Waals surface area (Å²) in [6, 6.07) is 12.9. The maximum absolute atomic E-state index is 12.5. The molecule has 4 nitrogen and oxygen atoms in total. The van der Waals surface area contributed by atoms with E-state index in [1.165, 1.54) is 7.11 Å². The highest BCUT2D eigenvalue weighted by Crippen LogP contribution is 2.36. The van der Waals surface area contributed by atoms with Crippen molar-refractivity contribution in [3.05, 3.63) is 58.6 Å². The predicted molar refractivity (Wildman–Crippen MR) is 91.5 cm³/mol. The molecule has 0 saturated carbocycles. The summed E-state index contributed by atoms with van der Waals surface area (Å²) < 4.78 is 10.7. The topological polar surface area (TPSA) is 47.6 Å². The molecule has 23 heavy (non-hydrogen) atoms. The van der Waals surface area contributed by atoms with Crippen LogP contribution in [0.15, 0.2) is 42.5 Å². The van der Waals surface area contributed by atoms with Gasteiger partial charge in [-0.2, -0.15) is 0 Å². The van der Waals surface area contributed by atoms with E-state index in [0.29, 0.717) is 28.7 Å². The molecule has 1 atom stereocenters. The third-order valence-corrected chi connectivity index (χ3v) is 3.71. The van der Waals surface area contributed by atoms with Crippen LogP contribution in [-0.2, 0) is 0 Å². The Morgan fingerprint density at radius 3 is 2.57 bits per heavy atom. The van der Waals surface area contributed by atoms with E-state index >= 15 is 0 Å². The van der Waals surface area contributed by atoms with E-state index in [-0.39, 0.29) is 11.9 Å². The molecule has 0 saturated heterocycles. The highest BCUT2D eigenvalue weighted by atomic mass is 35.5. The number of halogens is 1. The molecule has 1 N–H and O–H groups in total. The third-order valence-electron chi connectivity index (χ3n) is 3.43. The molecule has 1 amide bonds. The molecule has 2 aromatic carbocycles. The Hall–Kier alpha value is -2.20. The Labute approximate surface area is 141 Å². The minimum absolute atomic E-state index is 0.111. The van der Waals surface area contributed by atoms with Crippen LogP contribution < -0.4 is 14.8 Å². The van der Waals surface area contributed by atoms with Crippen molar-refractivity contribution in [3.63, 3.8) is 0 Å². The number of hydrogen-bond acceptors (Lipinski definition) is 3. The standard InChI is InChI=1S/C18H20ClNO3/c1-4-23-17-15(19)10-14(11-16(17)22-3)18(21)20-12(2)13-8-6-5-7-9-13/h5-12H,4H2,1-3H3,(H,20,21)/t12-/m1/s1. The van der Waals surface area contributed by atoms with Crippen molar-refractivity contribution in [2.24, 2.45) is 0 Å². The summed E-state index contributed by atoms with van der Waals surface area (Å²) in [6.07, 6.45) is 0. The lowest BCUT2D eigenvalue weighted by Gasteiger charge is -2.16. The average Bonchev–Trinajstić information content (AvgIpc) is 2.57. The summed E-state index contributed by atoms with van der Waals surface area (Å²) in [6.45, 7) is 4.26. The Balaban J connectivity index is 2.21. The molecule has 0 aromatic heterocycles. The van der Waals surface area contributed by atoms with E-state index in [4.69, 9.17) is 21.1 Å². The lowest BCUT2D eigenvalue weighted by Crippen LogP contribution is -2.26. The van der Waals surface area contributed by atoms with Gasteiger partial charge in [-0.3, -0.25) is 4.79 Å². The highest BCUT2D eigenvalue weighted by molar-refractivity contribution is 6.32. The molecule has 0 heterocycles. The van der Waals surface area contributed by atoms with Gasteiger partial charge in [0.2, 0.25) is 0 Å². The first kappa shape index (κ1) is 17.2. The summed E-state index contributed by atoms with van der Waals surface area (Å²) in [5.74, 6) is 0.672. The molecule has 0 unspecified atom stereocenters. The number of nitrogens with one attached hydrogen (secondary N) is 1. The van der Waals surface area contributed by atoms with Gasteiger partial charge >= 0.3 is 0 Å². The first-order valence-corrected chi connectivity index (χ1v) is 7.80. The quantitative estimate of drug-likeness (QED) is 0.860. The van der Waals surface area contributed by atoms with Gasteiger partial charge < -0.3 is 14.8 Å². The van der Waals surface area contributed by atoms with Crippen molar-refractivity contribution >= 4 is 17.5 Å². The number of ether oxygens (including phenoxy) is 2. The second kappa shape index (κ2) is 7.88. The molecule has 0 spiro atoms. The minimum Gasteiger partial charge on any atom is -0.493 e. The number of rotatable bonds is 6. The fourth-order valence-corrected chi connectivity index (χ4v) is 2.51. The number of benzene rings is 2. The van der Waals surface area contributed by atoms with Gasteiger partial charge in [-0.25, -0.2) is 0 Å². The molecular weight excluding hydrogens is 314 g/mol. The maximum Gasteiger partial charge on any atom is 0.251 e. The van der Waals surface area contributed by atoms with Gasteiger partial charge in [0.1, 0.15) is 0 Å². The Morgan fingerprint density at radius 2 is 1.96 bits per heavy atom. The summed E-state index contributed by atoms with van der Waals surface area (Å²) in [5.41, 5.74) is 1.46. The van der Waals surface area contributed by atoms with E-state index in [1.54, 1.807) is 12.1 Å². The van der Waals surface area contributed by atoms with Crippen LogP contribution in [0.25, 0.3) is 0 Å². The highest BCUT2D eigenvalue weighted by Gasteiger charge is 2.17. The third kappa shape index (κ3) is 4.17. The van der Waals surface area contributed by atoms with Gasteiger partial charge in [0.05, 0.1) is 24.8 Å². The zero-order valence-corrected chi connectivity index (χ0v) is 14.2. The number of hydrogen-bond donors (Lipinski definition) is 1. The zero-order chi connectivity index (χ0) is 16.8. The van der Waals surface area contributed by atoms with Crippen LogP contribution >= 0.6 is 11.6 Å². The fraction of sp³-hybridized carbons (Fsp3) is 0.278. The van der Waals surface area contributed by atoms with Crippen molar-refractivity contribution in [3.8, 4) is 11.5 Å². The molecule has 0 aliphatic carbocycles. The summed E-state index contributed by atoms with van der Waals surface area (Å²) in [4.78, 5) is 12.5. The van der Waals surface area contributed by atoms with E-state index in [1.807, 2.05) is 44.2 Å². The lowest BCUT2D eigenvalue weighted by molar-refractivity contribution is 0.0939. The number of methoxy groups -OCH3 is 1. The maximum atomic E-state index is 12.5. The van der Waals surface area contributed by atoms with E-state index < -0.39 is 0 Å². The van der Waals surface area contributed by atoms with Crippen LogP contribution in [0.1, 0.15) is 35.8 Å². The number of carbonyl (C=O) groups is 1. The molecule has 122 valence electrons. The molecular formula is C18H20ClNO3. The first-order valence-electron chi connectivity index (χ1n) is 7.43. The molecule has 0 bridgehead atoms. The Bertz CT molecular complexity index is 673. The predicted octanol–water partition coefficient (Wildman–Crippen LogP) is 4.24. The van der Waals surface area contributed by atoms with Gasteiger partial charge in [0.15, 0.2) is 11.5 Å². The van der Waals surface area contributed by atoms with Crippen LogP contribution in [0.3, 0.4) is 0 Å². The molecule has 5 heteroatoms. The Morgan fingerprint density at radius 1 is 1.26 bits per heavy atom. The molecule has 0 fully saturated rings. The fourth-order valence-electron chi connectivity index (χ4n) is 2.24. The van der Waals surface area contributed by atoms with Crippen molar-refractivity contribution in [2.45, 2.75) is 19.9 Å². The molecule has 2 aromatic rings. The van der Waals surface area contributed by atoms with Crippen LogP contribution in [0, 0.1) is 0 Å². The van der Waals surface area contributed by atoms with Gasteiger partial charge in [-0.05, 0) is 31.5 Å². The summed E-state index contributed by atoms with van der Waals surface area (Å²) >= 11 is 6.20. The molecule has 0 aliphatic heterocycles. The monoisotopic (exact) mass is 333 g/mol. The SMILES string of the molecule is CCOc1c(Cl)cc(C(=O)N[C@H](C)c2ccccc2)cc1OC. The molecule has 0 aliphatic rings. The van der Waals surface area contributed by atoms with Gasteiger partial charge in [0.25, 0.3) is 5.91 Å². The van der Waals surface area contributed by atoms with Gasteiger partial charge in [-0.1, -0.05) is 41.9 Å². The second-order valence-corrected chi connectivity index (χ2v) is 5.44. The minimum atomic E-state index is -0.218. The first-order chi connectivity index (χ1) is 11.1. The van der Waals surface area contributed by atoms with Crippen molar-refractivity contribution in [1.29, 1.82) is 0 Å². The normalized spacial score (nSPS) is 11.7. The van der Waals surface area contributed by atoms with E-state index in [9.17, 15) is 4.79 Å². The number of carbonyl (C=O) groups excluding carboxylic acids is 1. The van der Waals surface area contributed by atoms with Crippen molar-refractivity contribution < 1.29 is 14.3 Å². The van der Waals surface area contributed by atoms with Crippen LogP contribution in [0.2, 0.25) is 5.02 Å². The zero-order valence-electron chi connectivity index (χ0n) is 13.4. The number of amides is 1. The lowest BCUT2D eigenvalue weighted by atomic mass is 10.1. The summed E-state index contributed by atoms with van der Waals surface area (Å²) in [5, 5.41) is 3.30. The van der Waals surface area contributed by atoms with E-state index in [0.717, 1.165) is 5.56 Å². The van der Waals surface area contributed by atoms with Crippen LogP contribution in [-0.4, -0.2) is 19.6 Å². The van der Waals surface area contributed by atoms with Crippen molar-refractivity contribution in [2.75, 3.05) is 13.7 Å². The van der Waals surface area contributed by atoms with Crippen LogP contribution in [0.5, 0.6) is 11.5 Å². The average molecular weight is 334 g/mol. The van der Waals surface area contributed by atoms with Crippen LogP contribution in [0.4, 0.5) is 0 Å². The summed E-state index contributed by atoms with van der Waals surface area (Å²) in [7, 11) is 1.52.